The molecule has 0 spiro atoms. The highest BCUT2D eigenvalue weighted by Gasteiger charge is 2.14. The Labute approximate surface area is 205 Å². The fourth-order valence-corrected chi connectivity index (χ4v) is 3.88. The summed E-state index contributed by atoms with van der Waals surface area (Å²) in [7, 11) is 3.24. The van der Waals surface area contributed by atoms with Crippen molar-refractivity contribution in [2.75, 3.05) is 59.0 Å². The van der Waals surface area contributed by atoms with Crippen LogP contribution >= 0.6 is 0 Å². The normalized spacial score (nSPS) is 13.8. The van der Waals surface area contributed by atoms with Gasteiger partial charge in [-0.2, -0.15) is 0 Å². The second kappa shape index (κ2) is 12.2. The van der Waals surface area contributed by atoms with E-state index in [1.54, 1.807) is 14.2 Å². The highest BCUT2D eigenvalue weighted by molar-refractivity contribution is 5.92. The number of benzene rings is 2. The van der Waals surface area contributed by atoms with Crippen LogP contribution in [0.1, 0.15) is 5.56 Å². The number of ether oxygens (including phenoxy) is 4. The van der Waals surface area contributed by atoms with Gasteiger partial charge in [-0.1, -0.05) is 24.3 Å². The van der Waals surface area contributed by atoms with Crippen LogP contribution in [0.2, 0.25) is 0 Å². The standard InChI is InChI=1S/C27H31N3O5/c1-32-24-10-9-20(17-25(24)33-2)11-14-35-27-8-4-7-23(29-27)21-5-3-6-22(18-21)28-26(31)19-30-12-15-34-16-13-30/h3-10,17-18H,11-16,19H2,1-2H3,(H,28,31). The Morgan fingerprint density at radius 1 is 1.00 bits per heavy atom. The monoisotopic (exact) mass is 477 g/mol. The first-order chi connectivity index (χ1) is 17.1. The number of methoxy groups -OCH3 is 2. The van der Waals surface area contributed by atoms with E-state index < -0.39 is 0 Å². The molecule has 184 valence electrons. The summed E-state index contributed by atoms with van der Waals surface area (Å²) in [5, 5.41) is 2.98. The number of morpholine rings is 1. The third kappa shape index (κ3) is 6.94. The van der Waals surface area contributed by atoms with E-state index in [0.29, 0.717) is 50.2 Å². The van der Waals surface area contributed by atoms with Crippen molar-refractivity contribution in [1.29, 1.82) is 0 Å². The number of pyridine rings is 1. The SMILES string of the molecule is COc1ccc(CCOc2cccc(-c3cccc(NC(=O)CN4CCOCC4)c3)n2)cc1OC. The first kappa shape index (κ1) is 24.5. The van der Waals surface area contributed by atoms with Gasteiger partial charge in [-0.15, -0.1) is 0 Å². The molecule has 1 fully saturated rings. The van der Waals surface area contributed by atoms with Gasteiger partial charge in [-0.3, -0.25) is 9.69 Å². The Hall–Kier alpha value is -3.62. The zero-order valence-corrected chi connectivity index (χ0v) is 20.2. The van der Waals surface area contributed by atoms with Crippen molar-refractivity contribution >= 4 is 11.6 Å². The van der Waals surface area contributed by atoms with Gasteiger partial charge in [-0.05, 0) is 35.9 Å². The van der Waals surface area contributed by atoms with E-state index in [1.807, 2.05) is 60.7 Å². The molecule has 0 atom stereocenters. The second-order valence-electron chi connectivity index (χ2n) is 8.17. The Kier molecular flexibility index (Phi) is 8.53. The molecule has 2 heterocycles. The van der Waals surface area contributed by atoms with Crippen molar-refractivity contribution in [2.24, 2.45) is 0 Å². The molecular formula is C27H31N3O5. The summed E-state index contributed by atoms with van der Waals surface area (Å²) in [5.41, 5.74) is 3.50. The summed E-state index contributed by atoms with van der Waals surface area (Å²) >= 11 is 0. The van der Waals surface area contributed by atoms with Crippen molar-refractivity contribution < 1.29 is 23.7 Å². The molecule has 3 aromatic rings. The molecular weight excluding hydrogens is 446 g/mol. The summed E-state index contributed by atoms with van der Waals surface area (Å²) in [6.07, 6.45) is 0.705. The topological polar surface area (TPSA) is 82.2 Å². The van der Waals surface area contributed by atoms with E-state index in [-0.39, 0.29) is 5.91 Å². The maximum atomic E-state index is 12.4. The fourth-order valence-electron chi connectivity index (χ4n) is 3.88. The average Bonchev–Trinajstić information content (AvgIpc) is 2.89. The minimum Gasteiger partial charge on any atom is -0.493 e. The average molecular weight is 478 g/mol. The lowest BCUT2D eigenvalue weighted by Gasteiger charge is -2.25. The number of hydrogen-bond acceptors (Lipinski definition) is 7. The minimum absolute atomic E-state index is 0.0377. The molecule has 2 aromatic carbocycles. The lowest BCUT2D eigenvalue weighted by Crippen LogP contribution is -2.41. The van der Waals surface area contributed by atoms with Crippen LogP contribution in [0, 0.1) is 0 Å². The predicted molar refractivity (Wildman–Crippen MR) is 134 cm³/mol. The van der Waals surface area contributed by atoms with Crippen molar-refractivity contribution in [3.05, 3.63) is 66.2 Å². The number of carbonyl (C=O) groups is 1. The molecule has 8 heteroatoms. The predicted octanol–water partition coefficient (Wildman–Crippen LogP) is 3.66. The summed E-state index contributed by atoms with van der Waals surface area (Å²) < 4.78 is 21.9. The zero-order valence-electron chi connectivity index (χ0n) is 20.2. The molecule has 0 unspecified atom stereocenters. The fraction of sp³-hybridized carbons (Fsp3) is 0.333. The molecule has 1 amide bonds. The van der Waals surface area contributed by atoms with Gasteiger partial charge in [0.2, 0.25) is 11.8 Å². The molecule has 8 nitrogen and oxygen atoms in total. The van der Waals surface area contributed by atoms with Crippen LogP contribution in [0.5, 0.6) is 17.4 Å². The molecule has 1 N–H and O–H groups in total. The first-order valence-electron chi connectivity index (χ1n) is 11.7. The van der Waals surface area contributed by atoms with Gasteiger partial charge in [0.15, 0.2) is 11.5 Å². The molecule has 1 aromatic heterocycles. The van der Waals surface area contributed by atoms with E-state index in [0.717, 1.165) is 35.6 Å². The molecule has 1 saturated heterocycles. The summed E-state index contributed by atoms with van der Waals surface area (Å²) in [5.74, 6) is 1.90. The van der Waals surface area contributed by atoms with Gasteiger partial charge >= 0.3 is 0 Å². The number of aromatic nitrogens is 1. The highest BCUT2D eigenvalue weighted by Crippen LogP contribution is 2.28. The largest absolute Gasteiger partial charge is 0.493 e. The van der Waals surface area contributed by atoms with E-state index >= 15 is 0 Å². The van der Waals surface area contributed by atoms with Crippen LogP contribution in [0.15, 0.2) is 60.7 Å². The van der Waals surface area contributed by atoms with Gasteiger partial charge in [0.1, 0.15) is 0 Å². The summed E-state index contributed by atoms with van der Waals surface area (Å²) in [4.78, 5) is 19.2. The van der Waals surface area contributed by atoms with Gasteiger partial charge in [0.25, 0.3) is 0 Å². The van der Waals surface area contributed by atoms with Crippen LogP contribution < -0.4 is 19.5 Å². The zero-order chi connectivity index (χ0) is 24.5. The van der Waals surface area contributed by atoms with Crippen LogP contribution in [0.3, 0.4) is 0 Å². The Morgan fingerprint density at radius 2 is 1.80 bits per heavy atom. The quantitative estimate of drug-likeness (QED) is 0.477. The highest BCUT2D eigenvalue weighted by atomic mass is 16.5. The van der Waals surface area contributed by atoms with Crippen LogP contribution in [0.25, 0.3) is 11.3 Å². The lowest BCUT2D eigenvalue weighted by molar-refractivity contribution is -0.118. The van der Waals surface area contributed by atoms with Crippen molar-refractivity contribution in [2.45, 2.75) is 6.42 Å². The Balaban J connectivity index is 1.34. The maximum absolute atomic E-state index is 12.4. The Bertz CT molecular complexity index is 1130. The van der Waals surface area contributed by atoms with E-state index in [4.69, 9.17) is 18.9 Å². The number of rotatable bonds is 10. The number of nitrogens with one attached hydrogen (secondary N) is 1. The molecule has 0 bridgehead atoms. The molecule has 1 aliphatic heterocycles. The summed E-state index contributed by atoms with van der Waals surface area (Å²) in [6, 6.07) is 19.2. The number of anilines is 1. The molecule has 35 heavy (non-hydrogen) atoms. The molecule has 4 rings (SSSR count). The number of carbonyl (C=O) groups excluding carboxylic acids is 1. The number of nitrogens with zero attached hydrogens (tertiary/aromatic N) is 2. The van der Waals surface area contributed by atoms with Gasteiger partial charge in [0.05, 0.1) is 46.3 Å². The van der Waals surface area contributed by atoms with Crippen molar-refractivity contribution in [3.63, 3.8) is 0 Å². The number of hydrogen-bond donors (Lipinski definition) is 1. The second-order valence-corrected chi connectivity index (χ2v) is 8.17. The van der Waals surface area contributed by atoms with Gasteiger partial charge in [-0.25, -0.2) is 4.98 Å². The molecule has 0 saturated carbocycles. The van der Waals surface area contributed by atoms with Crippen LogP contribution in [-0.2, 0) is 16.0 Å². The van der Waals surface area contributed by atoms with E-state index in [2.05, 4.69) is 15.2 Å². The molecule has 1 aliphatic rings. The number of amides is 1. The lowest BCUT2D eigenvalue weighted by atomic mass is 10.1. The molecule has 0 radical (unpaired) electrons. The minimum atomic E-state index is -0.0377. The third-order valence-electron chi connectivity index (χ3n) is 5.73. The van der Waals surface area contributed by atoms with E-state index in [9.17, 15) is 4.79 Å². The Morgan fingerprint density at radius 3 is 2.60 bits per heavy atom. The van der Waals surface area contributed by atoms with Crippen LogP contribution in [0.4, 0.5) is 5.69 Å². The van der Waals surface area contributed by atoms with Gasteiger partial charge < -0.3 is 24.3 Å². The maximum Gasteiger partial charge on any atom is 0.238 e. The van der Waals surface area contributed by atoms with Crippen molar-refractivity contribution in [3.8, 4) is 28.6 Å². The summed E-state index contributed by atoms with van der Waals surface area (Å²) in [6.45, 7) is 3.72. The van der Waals surface area contributed by atoms with Gasteiger partial charge in [0, 0.05) is 36.8 Å². The molecule has 0 aliphatic carbocycles. The van der Waals surface area contributed by atoms with Crippen molar-refractivity contribution in [1.82, 2.24) is 9.88 Å². The first-order valence-corrected chi connectivity index (χ1v) is 11.7. The van der Waals surface area contributed by atoms with E-state index in [1.165, 1.54) is 0 Å². The smallest absolute Gasteiger partial charge is 0.238 e. The third-order valence-corrected chi connectivity index (χ3v) is 5.73. The van der Waals surface area contributed by atoms with Crippen LogP contribution in [-0.4, -0.2) is 69.5 Å².